The van der Waals surface area contributed by atoms with Crippen molar-refractivity contribution in [3.63, 3.8) is 0 Å². The Balaban J connectivity index is 2.54. The van der Waals surface area contributed by atoms with Crippen molar-refractivity contribution >= 4 is 5.91 Å². The zero-order chi connectivity index (χ0) is 15.4. The summed E-state index contributed by atoms with van der Waals surface area (Å²) in [6, 6.07) is 0. The molecule has 1 aliphatic rings. The summed E-state index contributed by atoms with van der Waals surface area (Å²) in [7, 11) is 1.81. The molecule has 1 saturated carbocycles. The second kappa shape index (κ2) is 6.87. The molecule has 3 N–H and O–H groups in total. The quantitative estimate of drug-likeness (QED) is 0.656. The van der Waals surface area contributed by atoms with Crippen molar-refractivity contribution in [3.8, 4) is 0 Å². The number of rotatable bonds is 8. The lowest BCUT2D eigenvalue weighted by Crippen LogP contribution is -2.75. The number of nitrogens with zero attached hydrogens (tertiary/aromatic N) is 1. The minimum atomic E-state index is -0.821. The lowest BCUT2D eigenvalue weighted by Gasteiger charge is -2.58. The zero-order valence-corrected chi connectivity index (χ0v) is 13.3. The third-order valence-electron chi connectivity index (χ3n) is 4.71. The molecule has 0 radical (unpaired) electrons. The number of ether oxygens (including phenoxy) is 1. The van der Waals surface area contributed by atoms with Crippen LogP contribution in [0.3, 0.4) is 0 Å². The predicted molar refractivity (Wildman–Crippen MR) is 79.3 cm³/mol. The summed E-state index contributed by atoms with van der Waals surface area (Å²) in [5.41, 5.74) is 5.21. The Kier molecular flexibility index (Phi) is 5.98. The van der Waals surface area contributed by atoms with Gasteiger partial charge in [-0.1, -0.05) is 13.8 Å². The van der Waals surface area contributed by atoms with E-state index in [1.807, 2.05) is 20.8 Å². The topological polar surface area (TPSA) is 75.8 Å². The van der Waals surface area contributed by atoms with Crippen LogP contribution >= 0.6 is 0 Å². The number of unbranched alkanes of at least 4 members (excludes halogenated alkanes) is 2. The lowest BCUT2D eigenvalue weighted by atomic mass is 9.54. The SMILES string of the molecule is CCOC1CC(N)(C(=O)N(C)CCCCCO)C1(C)C. The van der Waals surface area contributed by atoms with E-state index in [0.717, 1.165) is 19.3 Å². The van der Waals surface area contributed by atoms with Crippen LogP contribution in [0.4, 0.5) is 0 Å². The first-order valence-corrected chi connectivity index (χ1v) is 7.58. The molecule has 1 aliphatic carbocycles. The molecule has 0 aromatic carbocycles. The maximum atomic E-state index is 12.6. The van der Waals surface area contributed by atoms with Crippen LogP contribution in [0, 0.1) is 5.41 Å². The molecule has 5 nitrogen and oxygen atoms in total. The smallest absolute Gasteiger partial charge is 0.243 e. The van der Waals surface area contributed by atoms with Crippen molar-refractivity contribution < 1.29 is 14.6 Å². The fourth-order valence-electron chi connectivity index (χ4n) is 2.88. The Bertz CT molecular complexity index is 333. The van der Waals surface area contributed by atoms with E-state index in [9.17, 15) is 4.79 Å². The average Bonchev–Trinajstić information content (AvgIpc) is 2.42. The van der Waals surface area contributed by atoms with Crippen molar-refractivity contribution in [1.82, 2.24) is 4.90 Å². The second-order valence-electron chi connectivity index (χ2n) is 6.35. The van der Waals surface area contributed by atoms with Gasteiger partial charge >= 0.3 is 0 Å². The maximum Gasteiger partial charge on any atom is 0.243 e. The van der Waals surface area contributed by atoms with Crippen molar-refractivity contribution in [2.75, 3.05) is 26.8 Å². The monoisotopic (exact) mass is 286 g/mol. The molecule has 118 valence electrons. The number of aliphatic hydroxyl groups is 1. The van der Waals surface area contributed by atoms with E-state index in [1.54, 1.807) is 11.9 Å². The molecular formula is C15H30N2O3. The second-order valence-corrected chi connectivity index (χ2v) is 6.35. The van der Waals surface area contributed by atoms with Gasteiger partial charge in [-0.15, -0.1) is 0 Å². The van der Waals surface area contributed by atoms with E-state index in [-0.39, 0.29) is 24.0 Å². The largest absolute Gasteiger partial charge is 0.396 e. The summed E-state index contributed by atoms with van der Waals surface area (Å²) in [6.07, 6.45) is 3.26. The third kappa shape index (κ3) is 3.15. The summed E-state index contributed by atoms with van der Waals surface area (Å²) in [4.78, 5) is 14.3. The summed E-state index contributed by atoms with van der Waals surface area (Å²) < 4.78 is 5.65. The first-order chi connectivity index (χ1) is 9.31. The number of hydrogen-bond acceptors (Lipinski definition) is 4. The van der Waals surface area contributed by atoms with E-state index < -0.39 is 5.54 Å². The Labute approximate surface area is 122 Å². The molecule has 2 atom stereocenters. The van der Waals surface area contributed by atoms with E-state index in [1.165, 1.54) is 0 Å². The molecular weight excluding hydrogens is 256 g/mol. The fourth-order valence-corrected chi connectivity index (χ4v) is 2.88. The number of carbonyl (C=O) groups is 1. The summed E-state index contributed by atoms with van der Waals surface area (Å²) in [5.74, 6) is 0.00227. The third-order valence-corrected chi connectivity index (χ3v) is 4.71. The first kappa shape index (κ1) is 17.4. The molecule has 0 aliphatic heterocycles. The Morgan fingerprint density at radius 1 is 1.40 bits per heavy atom. The van der Waals surface area contributed by atoms with Gasteiger partial charge in [-0.3, -0.25) is 4.79 Å². The Hall–Kier alpha value is -0.650. The molecule has 1 amide bonds. The summed E-state index contributed by atoms with van der Waals surface area (Å²) in [6.45, 7) is 7.52. The molecule has 0 aromatic heterocycles. The molecule has 0 bridgehead atoms. The summed E-state index contributed by atoms with van der Waals surface area (Å²) >= 11 is 0. The van der Waals surface area contributed by atoms with Gasteiger partial charge in [-0.25, -0.2) is 0 Å². The molecule has 2 unspecified atom stereocenters. The first-order valence-electron chi connectivity index (χ1n) is 7.58. The van der Waals surface area contributed by atoms with E-state index in [2.05, 4.69) is 0 Å². The van der Waals surface area contributed by atoms with Gasteiger partial charge in [-0.2, -0.15) is 0 Å². The van der Waals surface area contributed by atoms with Gasteiger partial charge in [0.15, 0.2) is 0 Å². The molecule has 0 saturated heterocycles. The molecule has 1 fully saturated rings. The zero-order valence-electron chi connectivity index (χ0n) is 13.3. The van der Waals surface area contributed by atoms with E-state index >= 15 is 0 Å². The van der Waals surface area contributed by atoms with Crippen LogP contribution in [-0.4, -0.2) is 54.4 Å². The number of amides is 1. The standard InChI is InChI=1S/C15H30N2O3/c1-5-20-12-11-15(16,14(12,2)3)13(19)17(4)9-7-6-8-10-18/h12,18H,5-11,16H2,1-4H3. The molecule has 1 rings (SSSR count). The van der Waals surface area contributed by atoms with Crippen LogP contribution in [-0.2, 0) is 9.53 Å². The van der Waals surface area contributed by atoms with Gasteiger partial charge in [0, 0.05) is 38.6 Å². The molecule has 0 heterocycles. The van der Waals surface area contributed by atoms with E-state index in [0.29, 0.717) is 19.6 Å². The van der Waals surface area contributed by atoms with Crippen LogP contribution in [0.25, 0.3) is 0 Å². The Morgan fingerprint density at radius 3 is 2.55 bits per heavy atom. The van der Waals surface area contributed by atoms with Crippen LogP contribution in [0.1, 0.15) is 46.5 Å². The van der Waals surface area contributed by atoms with Crippen LogP contribution in [0.2, 0.25) is 0 Å². The molecule has 0 spiro atoms. The predicted octanol–water partition coefficient (Wildman–Crippen LogP) is 1.14. The number of aliphatic hydroxyl groups excluding tert-OH is 1. The van der Waals surface area contributed by atoms with E-state index in [4.69, 9.17) is 15.6 Å². The van der Waals surface area contributed by atoms with Crippen molar-refractivity contribution in [3.05, 3.63) is 0 Å². The normalized spacial score (nSPS) is 28.0. The Morgan fingerprint density at radius 2 is 2.05 bits per heavy atom. The van der Waals surface area contributed by atoms with Crippen LogP contribution < -0.4 is 5.73 Å². The molecule has 5 heteroatoms. The number of nitrogens with two attached hydrogens (primary N) is 1. The highest BCUT2D eigenvalue weighted by molar-refractivity contribution is 5.88. The van der Waals surface area contributed by atoms with Crippen LogP contribution in [0.15, 0.2) is 0 Å². The minimum absolute atomic E-state index is 0.00227. The number of carbonyl (C=O) groups excluding carboxylic acids is 1. The average molecular weight is 286 g/mol. The molecule has 0 aromatic rings. The van der Waals surface area contributed by atoms with Gasteiger partial charge in [0.2, 0.25) is 5.91 Å². The maximum absolute atomic E-state index is 12.6. The molecule has 20 heavy (non-hydrogen) atoms. The minimum Gasteiger partial charge on any atom is -0.396 e. The van der Waals surface area contributed by atoms with Gasteiger partial charge in [0.25, 0.3) is 0 Å². The van der Waals surface area contributed by atoms with Crippen molar-refractivity contribution in [2.45, 2.75) is 58.1 Å². The number of hydrogen-bond donors (Lipinski definition) is 2. The summed E-state index contributed by atoms with van der Waals surface area (Å²) in [5, 5.41) is 8.75. The lowest BCUT2D eigenvalue weighted by molar-refractivity contribution is -0.178. The highest BCUT2D eigenvalue weighted by Crippen LogP contribution is 2.50. The highest BCUT2D eigenvalue weighted by Gasteiger charge is 2.63. The van der Waals surface area contributed by atoms with Crippen LogP contribution in [0.5, 0.6) is 0 Å². The van der Waals surface area contributed by atoms with Crippen molar-refractivity contribution in [1.29, 1.82) is 0 Å². The van der Waals surface area contributed by atoms with Gasteiger partial charge in [-0.05, 0) is 26.2 Å². The van der Waals surface area contributed by atoms with Crippen molar-refractivity contribution in [2.24, 2.45) is 11.1 Å². The highest BCUT2D eigenvalue weighted by atomic mass is 16.5. The van der Waals surface area contributed by atoms with Gasteiger partial charge < -0.3 is 20.5 Å². The number of likely N-dealkylation sites (N-methyl/N-ethyl adjacent to an activating group) is 1. The van der Waals surface area contributed by atoms with Gasteiger partial charge in [0.1, 0.15) is 5.54 Å². The van der Waals surface area contributed by atoms with Gasteiger partial charge in [0.05, 0.1) is 6.10 Å². The fraction of sp³-hybridized carbons (Fsp3) is 0.933.